The van der Waals surface area contributed by atoms with E-state index in [0.717, 1.165) is 11.1 Å². The SMILES string of the molecule is NC(=O)N[C@@H](CCCCNC(=O)CCCCCNC(=O)CCc1ccc(O)c(CN(CCN(CC(=O)O)Cc2cc(CCC(=O)NCCCCCC(=O)NCCCC[C@H](NC(N)=O)C(=O)O)ccc2O)CC(=O)O)c1)C(=O)O. The van der Waals surface area contributed by atoms with Crippen LogP contribution in [0.25, 0.3) is 0 Å². The monoisotopic (exact) mass is 1100 g/mol. The lowest BCUT2D eigenvalue weighted by molar-refractivity contribution is -0.140. The first-order valence-corrected chi connectivity index (χ1v) is 26.3. The van der Waals surface area contributed by atoms with Gasteiger partial charge in [0.2, 0.25) is 23.6 Å². The van der Waals surface area contributed by atoms with Crippen molar-refractivity contribution in [3.05, 3.63) is 58.7 Å². The molecule has 0 bridgehead atoms. The van der Waals surface area contributed by atoms with Crippen molar-refractivity contribution in [1.29, 1.82) is 0 Å². The van der Waals surface area contributed by atoms with Crippen LogP contribution in [0.3, 0.4) is 0 Å². The van der Waals surface area contributed by atoms with Crippen LogP contribution in [0, 0.1) is 0 Å². The molecule has 2 rings (SSSR count). The second-order valence-corrected chi connectivity index (χ2v) is 18.9. The summed E-state index contributed by atoms with van der Waals surface area (Å²) < 4.78 is 0. The first kappa shape index (κ1) is 66.4. The summed E-state index contributed by atoms with van der Waals surface area (Å²) in [5.41, 5.74) is 12.2. The average Bonchev–Trinajstić information content (AvgIpc) is 3.36. The Balaban J connectivity index is 1.77. The molecule has 8 amide bonds. The highest BCUT2D eigenvalue weighted by Gasteiger charge is 2.21. The van der Waals surface area contributed by atoms with Crippen molar-refractivity contribution >= 4 is 59.6 Å². The summed E-state index contributed by atoms with van der Waals surface area (Å²) in [6, 6.07) is 5.61. The largest absolute Gasteiger partial charge is 0.508 e. The molecule has 0 unspecified atom stereocenters. The number of phenolic OH excluding ortho intramolecular Hbond substituents is 2. The number of carboxylic acid groups (broad SMARTS) is 4. The van der Waals surface area contributed by atoms with Gasteiger partial charge >= 0.3 is 35.9 Å². The van der Waals surface area contributed by atoms with Crippen LogP contribution in [-0.2, 0) is 64.3 Å². The Morgan fingerprint density at radius 2 is 0.782 bits per heavy atom. The molecule has 2 atom stereocenters. The molecule has 0 saturated heterocycles. The van der Waals surface area contributed by atoms with Gasteiger partial charge in [0.25, 0.3) is 0 Å². The number of hydrogen-bond acceptors (Lipinski definition) is 14. The smallest absolute Gasteiger partial charge is 0.326 e. The van der Waals surface area contributed by atoms with E-state index in [1.165, 1.54) is 21.9 Å². The Bertz CT molecular complexity index is 2130. The van der Waals surface area contributed by atoms with E-state index < -0.39 is 61.1 Å². The van der Waals surface area contributed by atoms with E-state index >= 15 is 0 Å². The zero-order valence-electron chi connectivity index (χ0n) is 44.2. The quantitative estimate of drug-likeness (QED) is 0.0419. The fourth-order valence-corrected chi connectivity index (χ4v) is 8.18. The summed E-state index contributed by atoms with van der Waals surface area (Å²) in [7, 11) is 0. The van der Waals surface area contributed by atoms with Crippen LogP contribution in [0.15, 0.2) is 36.4 Å². The van der Waals surface area contributed by atoms with Gasteiger partial charge in [-0.25, -0.2) is 19.2 Å². The fraction of sp³-hybridized carbons (Fsp3) is 0.577. The molecule has 26 nitrogen and oxygen atoms in total. The standard InChI is InChI=1S/C52H80N10O16/c53-51(77)59-39(49(73)74)11-5-9-25-55-43(65)13-3-1-7-23-57-45(67)21-17-35-15-19-41(63)37(29-35)31-61(33-47(69)70)27-28-62(34-48(71)72)32-38-30-36(16-20-42(38)64)18-22-46(68)58-24-8-2-4-14-44(66)56-26-10-6-12-40(50(75)76)60-52(54)78/h15-16,19-20,29-30,39-40,63-64H,1-14,17-18,21-28,31-34H2,(H,55,65)(H,56,66)(H,57,67)(H,58,68)(H,69,70)(H,71,72)(H,73,74)(H,75,76)(H3,53,59,77)(H3,54,60,78)/t39-,40-/m0/s1. The van der Waals surface area contributed by atoms with E-state index in [1.807, 2.05) is 0 Å². The summed E-state index contributed by atoms with van der Waals surface area (Å²) in [4.78, 5) is 121. The van der Waals surface area contributed by atoms with Gasteiger partial charge in [-0.2, -0.15) is 0 Å². The van der Waals surface area contributed by atoms with Gasteiger partial charge in [-0.1, -0.05) is 37.1 Å². The Labute approximate surface area is 453 Å². The number of nitrogens with one attached hydrogen (secondary N) is 6. The zero-order chi connectivity index (χ0) is 57.8. The van der Waals surface area contributed by atoms with Crippen LogP contribution < -0.4 is 43.4 Å². The van der Waals surface area contributed by atoms with Gasteiger partial charge in [-0.3, -0.25) is 38.6 Å². The van der Waals surface area contributed by atoms with Gasteiger partial charge in [0, 0.05) is 89.2 Å². The number of urea groups is 2. The lowest BCUT2D eigenvalue weighted by Gasteiger charge is -2.26. The van der Waals surface area contributed by atoms with E-state index in [9.17, 15) is 68.4 Å². The molecule has 26 heteroatoms. The minimum atomic E-state index is -1.19. The first-order valence-electron chi connectivity index (χ1n) is 26.3. The molecule has 0 fully saturated rings. The second kappa shape index (κ2) is 37.9. The Kier molecular flexibility index (Phi) is 32.3. The van der Waals surface area contributed by atoms with Crippen molar-refractivity contribution in [2.45, 2.75) is 141 Å². The van der Waals surface area contributed by atoms with Gasteiger partial charge in [-0.15, -0.1) is 0 Å². The molecule has 78 heavy (non-hydrogen) atoms. The topological polar surface area (TPSA) is 423 Å². The predicted molar refractivity (Wildman–Crippen MR) is 284 cm³/mol. The number of amides is 8. The van der Waals surface area contributed by atoms with Gasteiger partial charge in [0.1, 0.15) is 23.6 Å². The summed E-state index contributed by atoms with van der Waals surface area (Å²) in [5, 5.41) is 74.8. The third-order valence-electron chi connectivity index (χ3n) is 12.3. The van der Waals surface area contributed by atoms with Crippen LogP contribution in [0.1, 0.15) is 125 Å². The minimum Gasteiger partial charge on any atom is -0.508 e. The maximum absolute atomic E-state index is 12.6. The molecule has 0 aromatic heterocycles. The van der Waals surface area contributed by atoms with E-state index in [0.29, 0.717) is 127 Å². The number of benzene rings is 2. The number of rotatable bonds is 43. The number of aromatic hydroxyl groups is 2. The minimum absolute atomic E-state index is 0.0113. The maximum atomic E-state index is 12.6. The molecule has 0 heterocycles. The molecule has 0 aliphatic heterocycles. The molecule has 16 N–H and O–H groups in total. The normalized spacial score (nSPS) is 11.8. The van der Waals surface area contributed by atoms with Crippen molar-refractivity contribution in [2.75, 3.05) is 52.4 Å². The molecule has 0 aliphatic carbocycles. The molecule has 0 saturated carbocycles. The van der Waals surface area contributed by atoms with Crippen molar-refractivity contribution in [3.63, 3.8) is 0 Å². The van der Waals surface area contributed by atoms with Gasteiger partial charge in [-0.05, 0) is 100 Å². The van der Waals surface area contributed by atoms with Crippen molar-refractivity contribution < 1.29 is 78.6 Å². The van der Waals surface area contributed by atoms with Gasteiger partial charge in [0.15, 0.2) is 0 Å². The van der Waals surface area contributed by atoms with Crippen LogP contribution in [-0.4, -0.2) is 164 Å². The van der Waals surface area contributed by atoms with Crippen LogP contribution in [0.4, 0.5) is 9.59 Å². The Hall–Kier alpha value is -7.74. The lowest BCUT2D eigenvalue weighted by Crippen LogP contribution is -2.43. The third-order valence-corrected chi connectivity index (χ3v) is 12.3. The second-order valence-electron chi connectivity index (χ2n) is 18.9. The number of nitrogens with two attached hydrogens (primary N) is 2. The molecule has 434 valence electrons. The van der Waals surface area contributed by atoms with Crippen molar-refractivity contribution in [2.24, 2.45) is 11.5 Å². The zero-order valence-corrected chi connectivity index (χ0v) is 44.2. The number of carbonyl (C=O) groups is 10. The average molecular weight is 1100 g/mol. The number of unbranched alkanes of at least 4 members (excludes halogenated alkanes) is 6. The van der Waals surface area contributed by atoms with E-state index in [4.69, 9.17) is 21.7 Å². The maximum Gasteiger partial charge on any atom is 0.326 e. The number of aliphatic carboxylic acids is 4. The van der Waals surface area contributed by atoms with E-state index in [2.05, 4.69) is 31.9 Å². The van der Waals surface area contributed by atoms with Gasteiger partial charge in [0.05, 0.1) is 13.1 Å². The van der Waals surface area contributed by atoms with Crippen LogP contribution in [0.2, 0.25) is 0 Å². The highest BCUT2D eigenvalue weighted by atomic mass is 16.4. The number of nitrogens with zero attached hydrogens (tertiary/aromatic N) is 2. The van der Waals surface area contributed by atoms with Crippen LogP contribution in [0.5, 0.6) is 11.5 Å². The van der Waals surface area contributed by atoms with E-state index in [-0.39, 0.29) is 87.0 Å². The summed E-state index contributed by atoms with van der Waals surface area (Å²) in [6.45, 7) is 0.773. The summed E-state index contributed by atoms with van der Waals surface area (Å²) in [5.74, 6) is -5.55. The van der Waals surface area contributed by atoms with Gasteiger partial charge < -0.3 is 74.0 Å². The molecule has 0 spiro atoms. The number of carboxylic acids is 4. The number of aryl methyl sites for hydroxylation is 2. The molecule has 2 aromatic rings. The number of phenols is 2. The molecule has 2 aromatic carbocycles. The highest BCUT2D eigenvalue weighted by Crippen LogP contribution is 2.24. The number of carbonyl (C=O) groups excluding carboxylic acids is 6. The third kappa shape index (κ3) is 31.3. The molecular weight excluding hydrogens is 1020 g/mol. The Morgan fingerprint density at radius 3 is 1.10 bits per heavy atom. The molecular formula is C52H80N10O16. The van der Waals surface area contributed by atoms with Crippen molar-refractivity contribution in [1.82, 2.24) is 41.7 Å². The summed E-state index contributed by atoms with van der Waals surface area (Å²) >= 11 is 0. The first-order chi connectivity index (χ1) is 37.1. The molecule has 0 radical (unpaired) electrons. The number of hydrogen-bond donors (Lipinski definition) is 14. The summed E-state index contributed by atoms with van der Waals surface area (Å²) in [6.07, 6.45) is 7.74. The number of primary amides is 2. The van der Waals surface area contributed by atoms with Crippen molar-refractivity contribution in [3.8, 4) is 11.5 Å². The highest BCUT2D eigenvalue weighted by molar-refractivity contribution is 5.82. The predicted octanol–water partition coefficient (Wildman–Crippen LogP) is 1.61. The van der Waals surface area contributed by atoms with E-state index in [1.54, 1.807) is 24.3 Å². The molecule has 0 aliphatic rings. The lowest BCUT2D eigenvalue weighted by atomic mass is 10.0. The Morgan fingerprint density at radius 1 is 0.449 bits per heavy atom. The fourth-order valence-electron chi connectivity index (χ4n) is 8.18. The van der Waals surface area contributed by atoms with Crippen LogP contribution >= 0.6 is 0 Å².